The van der Waals surface area contributed by atoms with E-state index in [-0.39, 0.29) is 18.5 Å². The second kappa shape index (κ2) is 9.18. The summed E-state index contributed by atoms with van der Waals surface area (Å²) in [7, 11) is 0. The molecule has 0 amide bonds. The number of nitrogens with one attached hydrogen (secondary N) is 2. The predicted octanol–water partition coefficient (Wildman–Crippen LogP) is 3.31. The van der Waals surface area contributed by atoms with Crippen LogP contribution in [0.5, 0.6) is 11.5 Å². The predicted molar refractivity (Wildman–Crippen MR) is 126 cm³/mol. The summed E-state index contributed by atoms with van der Waals surface area (Å²) in [5.74, 6) is 1.33. The third-order valence-electron chi connectivity index (χ3n) is 5.78. The van der Waals surface area contributed by atoms with Gasteiger partial charge >= 0.3 is 0 Å². The van der Waals surface area contributed by atoms with E-state index >= 15 is 0 Å². The van der Waals surface area contributed by atoms with Crippen molar-refractivity contribution >= 4 is 28.2 Å². The molecule has 0 bridgehead atoms. The lowest BCUT2D eigenvalue weighted by molar-refractivity contribution is 0.113. The monoisotopic (exact) mass is 451 g/mol. The summed E-state index contributed by atoms with van der Waals surface area (Å²) in [4.78, 5) is 17.9. The molecule has 5 rings (SSSR count). The summed E-state index contributed by atoms with van der Waals surface area (Å²) in [6.07, 6.45) is 2.30. The molecule has 32 heavy (non-hydrogen) atoms. The minimum absolute atomic E-state index is 0.142. The van der Waals surface area contributed by atoms with Gasteiger partial charge in [-0.25, -0.2) is 0 Å². The first-order chi connectivity index (χ1) is 15.7. The number of hydrogen-bond donors (Lipinski definition) is 2. The third kappa shape index (κ3) is 4.56. The first-order valence-corrected chi connectivity index (χ1v) is 11.2. The SMILES string of the molecule is O=c1[nH]c2cc3c(cc2cc1CN(Cc1ccccc1)C(=S)NCC1CCCO1)OCO3. The molecule has 7 nitrogen and oxygen atoms in total. The van der Waals surface area contributed by atoms with E-state index in [0.717, 1.165) is 35.9 Å². The van der Waals surface area contributed by atoms with E-state index in [4.69, 9.17) is 26.4 Å². The lowest BCUT2D eigenvalue weighted by Gasteiger charge is -2.27. The zero-order chi connectivity index (χ0) is 21.9. The van der Waals surface area contributed by atoms with Crippen LogP contribution in [0.25, 0.3) is 10.9 Å². The van der Waals surface area contributed by atoms with Gasteiger partial charge in [0.2, 0.25) is 6.79 Å². The minimum Gasteiger partial charge on any atom is -0.454 e. The van der Waals surface area contributed by atoms with E-state index in [9.17, 15) is 4.79 Å². The number of aromatic nitrogens is 1. The van der Waals surface area contributed by atoms with Crippen LogP contribution in [0.2, 0.25) is 0 Å². The van der Waals surface area contributed by atoms with Gasteiger partial charge in [-0.2, -0.15) is 0 Å². The van der Waals surface area contributed by atoms with Crippen LogP contribution in [-0.4, -0.2) is 41.0 Å². The Kier molecular flexibility index (Phi) is 5.96. The molecular formula is C24H25N3O4S. The number of H-pyrrole nitrogens is 1. The van der Waals surface area contributed by atoms with Crippen LogP contribution >= 0.6 is 12.2 Å². The molecule has 8 heteroatoms. The van der Waals surface area contributed by atoms with Crippen molar-refractivity contribution in [1.29, 1.82) is 0 Å². The van der Waals surface area contributed by atoms with E-state index in [2.05, 4.69) is 22.4 Å². The lowest BCUT2D eigenvalue weighted by Crippen LogP contribution is -2.42. The average Bonchev–Trinajstić information content (AvgIpc) is 3.48. The number of ether oxygens (including phenoxy) is 3. The van der Waals surface area contributed by atoms with Gasteiger partial charge in [0, 0.05) is 36.7 Å². The van der Waals surface area contributed by atoms with Crippen LogP contribution < -0.4 is 20.3 Å². The van der Waals surface area contributed by atoms with Gasteiger partial charge in [0.05, 0.1) is 18.2 Å². The highest BCUT2D eigenvalue weighted by Crippen LogP contribution is 2.35. The highest BCUT2D eigenvalue weighted by molar-refractivity contribution is 7.80. The zero-order valence-corrected chi connectivity index (χ0v) is 18.5. The maximum atomic E-state index is 12.9. The second-order valence-electron chi connectivity index (χ2n) is 8.08. The fraction of sp³-hybridized carbons (Fsp3) is 0.333. The Bertz CT molecular complexity index is 1180. The normalized spacial score (nSPS) is 16.9. The van der Waals surface area contributed by atoms with Crippen LogP contribution in [0.4, 0.5) is 0 Å². The fourth-order valence-corrected chi connectivity index (χ4v) is 4.30. The first-order valence-electron chi connectivity index (χ1n) is 10.8. The first kappa shape index (κ1) is 20.8. The Labute approximate surface area is 191 Å². The number of pyridine rings is 1. The highest BCUT2D eigenvalue weighted by atomic mass is 32.1. The summed E-state index contributed by atoms with van der Waals surface area (Å²) >= 11 is 5.72. The van der Waals surface area contributed by atoms with Crippen LogP contribution in [0.1, 0.15) is 24.0 Å². The standard InChI is InChI=1S/C24H25N3O4S/c28-23-18(9-17-10-21-22(31-15-30-21)11-20(17)26-23)14-27(13-16-5-2-1-3-6-16)24(32)25-12-19-7-4-8-29-19/h1-3,5-6,9-11,19H,4,7-8,12-15H2,(H,25,32)(H,26,28). The number of benzene rings is 2. The molecular weight excluding hydrogens is 426 g/mol. The van der Waals surface area contributed by atoms with Gasteiger partial charge < -0.3 is 29.4 Å². The van der Waals surface area contributed by atoms with Gasteiger partial charge in [0.1, 0.15) is 0 Å². The van der Waals surface area contributed by atoms with Gasteiger partial charge in [-0.3, -0.25) is 4.79 Å². The largest absolute Gasteiger partial charge is 0.454 e. The number of hydrogen-bond acceptors (Lipinski definition) is 5. The molecule has 1 unspecified atom stereocenters. The number of nitrogens with zero attached hydrogens (tertiary/aromatic N) is 1. The molecule has 166 valence electrons. The Morgan fingerprint density at radius 1 is 1.12 bits per heavy atom. The van der Waals surface area contributed by atoms with Gasteiger partial charge in [0.25, 0.3) is 5.56 Å². The Morgan fingerprint density at radius 2 is 1.94 bits per heavy atom. The molecule has 2 aliphatic heterocycles. The van der Waals surface area contributed by atoms with Crippen molar-refractivity contribution in [1.82, 2.24) is 15.2 Å². The number of fused-ring (bicyclic) bond motifs is 2. The maximum absolute atomic E-state index is 12.9. The smallest absolute Gasteiger partial charge is 0.253 e. The number of rotatable bonds is 6. The summed E-state index contributed by atoms with van der Waals surface area (Å²) in [6, 6.07) is 15.7. The highest BCUT2D eigenvalue weighted by Gasteiger charge is 2.20. The molecule has 0 radical (unpaired) electrons. The summed E-state index contributed by atoms with van der Waals surface area (Å²) in [5.41, 5.74) is 2.33. The molecule has 1 fully saturated rings. The second-order valence-corrected chi connectivity index (χ2v) is 8.47. The molecule has 2 N–H and O–H groups in total. The van der Waals surface area contributed by atoms with Crippen LogP contribution in [0, 0.1) is 0 Å². The zero-order valence-electron chi connectivity index (χ0n) is 17.6. The Morgan fingerprint density at radius 3 is 2.72 bits per heavy atom. The van der Waals surface area contributed by atoms with Gasteiger partial charge in [-0.05, 0) is 42.8 Å². The molecule has 1 atom stereocenters. The Hall–Kier alpha value is -3.10. The van der Waals surface area contributed by atoms with E-state index in [1.165, 1.54) is 0 Å². The van der Waals surface area contributed by atoms with Crippen molar-refractivity contribution in [2.24, 2.45) is 0 Å². The number of aromatic amines is 1. The molecule has 0 spiro atoms. The Balaban J connectivity index is 1.39. The molecule has 0 saturated carbocycles. The van der Waals surface area contributed by atoms with Crippen molar-refractivity contribution in [3.05, 3.63) is 70.0 Å². The molecule has 3 aromatic rings. The quantitative estimate of drug-likeness (QED) is 0.557. The van der Waals surface area contributed by atoms with E-state index in [0.29, 0.717) is 41.8 Å². The lowest BCUT2D eigenvalue weighted by atomic mass is 10.1. The van der Waals surface area contributed by atoms with Crippen molar-refractivity contribution < 1.29 is 14.2 Å². The third-order valence-corrected chi connectivity index (χ3v) is 6.19. The fourth-order valence-electron chi connectivity index (χ4n) is 4.09. The van der Waals surface area contributed by atoms with Crippen molar-refractivity contribution in [2.75, 3.05) is 19.9 Å². The van der Waals surface area contributed by atoms with E-state index in [1.807, 2.05) is 35.2 Å². The van der Waals surface area contributed by atoms with Crippen molar-refractivity contribution in [3.8, 4) is 11.5 Å². The van der Waals surface area contributed by atoms with Gasteiger partial charge in [-0.15, -0.1) is 0 Å². The average molecular weight is 452 g/mol. The molecule has 1 aromatic heterocycles. The topological polar surface area (TPSA) is 75.8 Å². The van der Waals surface area contributed by atoms with Crippen LogP contribution in [-0.2, 0) is 17.8 Å². The summed E-state index contributed by atoms with van der Waals surface area (Å²) in [6.45, 7) is 2.64. The van der Waals surface area contributed by atoms with Crippen molar-refractivity contribution in [2.45, 2.75) is 32.0 Å². The summed E-state index contributed by atoms with van der Waals surface area (Å²) < 4.78 is 16.6. The van der Waals surface area contributed by atoms with Gasteiger partial charge in [-0.1, -0.05) is 30.3 Å². The molecule has 0 aliphatic carbocycles. The van der Waals surface area contributed by atoms with Gasteiger partial charge in [0.15, 0.2) is 16.6 Å². The minimum atomic E-state index is -0.142. The molecule has 3 heterocycles. The number of thiocarbonyl (C=S) groups is 1. The maximum Gasteiger partial charge on any atom is 0.253 e. The van der Waals surface area contributed by atoms with E-state index < -0.39 is 0 Å². The molecule has 1 saturated heterocycles. The van der Waals surface area contributed by atoms with Crippen LogP contribution in [0.3, 0.4) is 0 Å². The van der Waals surface area contributed by atoms with E-state index in [1.54, 1.807) is 6.07 Å². The molecule has 2 aromatic carbocycles. The van der Waals surface area contributed by atoms with Crippen molar-refractivity contribution in [3.63, 3.8) is 0 Å². The summed E-state index contributed by atoms with van der Waals surface area (Å²) in [5, 5.41) is 4.84. The molecule has 2 aliphatic rings. The van der Waals surface area contributed by atoms with Crippen LogP contribution in [0.15, 0.2) is 53.3 Å².